The van der Waals surface area contributed by atoms with E-state index in [4.69, 9.17) is 16.3 Å². The Bertz CT molecular complexity index is 734. The van der Waals surface area contributed by atoms with E-state index in [9.17, 15) is 9.59 Å². The quantitative estimate of drug-likeness (QED) is 0.577. The fourth-order valence-corrected chi connectivity index (χ4v) is 3.05. The molecule has 2 aromatic carbocycles. The lowest BCUT2D eigenvalue weighted by atomic mass is 10.1. The molecule has 1 amide bonds. The predicted molar refractivity (Wildman–Crippen MR) is 101 cm³/mol. The number of rotatable bonds is 7. The lowest BCUT2D eigenvalue weighted by Gasteiger charge is -2.13. The third-order valence-electron chi connectivity index (χ3n) is 3.39. The molecule has 2 rings (SSSR count). The third kappa shape index (κ3) is 6.11. The SMILES string of the molecule is CCNC(=O)[C@H](C)OC(=O)c1cccc(CSc2ccc(Cl)cc2)c1. The number of halogens is 1. The molecule has 1 atom stereocenters. The lowest BCUT2D eigenvalue weighted by molar-refractivity contribution is -0.128. The molecular formula is C19H20ClNO3S. The van der Waals surface area contributed by atoms with Gasteiger partial charge in [-0.25, -0.2) is 4.79 Å². The monoisotopic (exact) mass is 377 g/mol. The van der Waals surface area contributed by atoms with Crippen molar-refractivity contribution in [1.82, 2.24) is 5.32 Å². The van der Waals surface area contributed by atoms with Gasteiger partial charge in [-0.15, -0.1) is 11.8 Å². The number of carbonyl (C=O) groups excluding carboxylic acids is 2. The maximum absolute atomic E-state index is 12.2. The minimum Gasteiger partial charge on any atom is -0.449 e. The van der Waals surface area contributed by atoms with Gasteiger partial charge in [0.2, 0.25) is 0 Å². The van der Waals surface area contributed by atoms with E-state index < -0.39 is 12.1 Å². The normalized spacial score (nSPS) is 11.6. The van der Waals surface area contributed by atoms with E-state index in [1.807, 2.05) is 43.3 Å². The number of esters is 1. The first-order chi connectivity index (χ1) is 12.0. The van der Waals surface area contributed by atoms with Gasteiger partial charge in [0.05, 0.1) is 5.56 Å². The number of likely N-dealkylation sites (N-methyl/N-ethyl adjacent to an activating group) is 1. The van der Waals surface area contributed by atoms with E-state index in [1.165, 1.54) is 0 Å². The highest BCUT2D eigenvalue weighted by Gasteiger charge is 2.18. The number of thioether (sulfide) groups is 1. The second kappa shape index (κ2) is 9.49. The van der Waals surface area contributed by atoms with Crippen LogP contribution >= 0.6 is 23.4 Å². The van der Waals surface area contributed by atoms with Gasteiger partial charge in [-0.1, -0.05) is 23.7 Å². The van der Waals surface area contributed by atoms with Gasteiger partial charge in [0.15, 0.2) is 6.10 Å². The molecule has 0 aromatic heterocycles. The van der Waals surface area contributed by atoms with Crippen molar-refractivity contribution < 1.29 is 14.3 Å². The standard InChI is InChI=1S/C19H20ClNO3S/c1-3-21-18(22)13(2)24-19(23)15-6-4-5-14(11-15)12-25-17-9-7-16(20)8-10-17/h4-11,13H,3,12H2,1-2H3,(H,21,22)/t13-/m0/s1. The summed E-state index contributed by atoms with van der Waals surface area (Å²) in [4.78, 5) is 25.0. The molecule has 1 N–H and O–H groups in total. The molecule has 0 saturated carbocycles. The van der Waals surface area contributed by atoms with Crippen molar-refractivity contribution in [3.05, 3.63) is 64.7 Å². The number of amides is 1. The Hall–Kier alpha value is -1.98. The van der Waals surface area contributed by atoms with Crippen molar-refractivity contribution in [2.45, 2.75) is 30.6 Å². The van der Waals surface area contributed by atoms with Crippen LogP contribution in [0.15, 0.2) is 53.4 Å². The Labute approximate surface area is 156 Å². The van der Waals surface area contributed by atoms with Gasteiger partial charge < -0.3 is 10.1 Å². The number of carbonyl (C=O) groups is 2. The molecular weight excluding hydrogens is 358 g/mol. The number of ether oxygens (including phenoxy) is 1. The van der Waals surface area contributed by atoms with Crippen LogP contribution in [0.5, 0.6) is 0 Å². The van der Waals surface area contributed by atoms with Crippen LogP contribution in [0.25, 0.3) is 0 Å². The Balaban J connectivity index is 1.96. The van der Waals surface area contributed by atoms with Crippen molar-refractivity contribution in [1.29, 1.82) is 0 Å². The Morgan fingerprint density at radius 2 is 1.92 bits per heavy atom. The molecule has 132 valence electrons. The average Bonchev–Trinajstić information content (AvgIpc) is 2.61. The smallest absolute Gasteiger partial charge is 0.338 e. The number of hydrogen-bond acceptors (Lipinski definition) is 4. The van der Waals surface area contributed by atoms with Gasteiger partial charge in [-0.05, 0) is 55.8 Å². The third-order valence-corrected chi connectivity index (χ3v) is 4.72. The van der Waals surface area contributed by atoms with Gasteiger partial charge in [-0.2, -0.15) is 0 Å². The van der Waals surface area contributed by atoms with Crippen LogP contribution < -0.4 is 5.32 Å². The van der Waals surface area contributed by atoms with Crippen molar-refractivity contribution in [3.8, 4) is 0 Å². The van der Waals surface area contributed by atoms with E-state index in [0.29, 0.717) is 22.9 Å². The molecule has 0 radical (unpaired) electrons. The molecule has 0 fully saturated rings. The molecule has 0 saturated heterocycles. The van der Waals surface area contributed by atoms with Crippen molar-refractivity contribution in [3.63, 3.8) is 0 Å². The molecule has 0 aliphatic rings. The van der Waals surface area contributed by atoms with Crippen molar-refractivity contribution >= 4 is 35.2 Å². The van der Waals surface area contributed by atoms with E-state index in [0.717, 1.165) is 10.5 Å². The first-order valence-corrected chi connectivity index (χ1v) is 9.32. The van der Waals surface area contributed by atoms with E-state index >= 15 is 0 Å². The largest absolute Gasteiger partial charge is 0.449 e. The maximum atomic E-state index is 12.2. The summed E-state index contributed by atoms with van der Waals surface area (Å²) in [6, 6.07) is 14.8. The number of benzene rings is 2. The highest BCUT2D eigenvalue weighted by atomic mass is 35.5. The molecule has 4 nitrogen and oxygen atoms in total. The van der Waals surface area contributed by atoms with Crippen LogP contribution in [0.1, 0.15) is 29.8 Å². The van der Waals surface area contributed by atoms with Crippen molar-refractivity contribution in [2.24, 2.45) is 0 Å². The summed E-state index contributed by atoms with van der Waals surface area (Å²) in [6.45, 7) is 3.87. The molecule has 0 spiro atoms. The highest BCUT2D eigenvalue weighted by molar-refractivity contribution is 7.98. The lowest BCUT2D eigenvalue weighted by Crippen LogP contribution is -2.35. The first-order valence-electron chi connectivity index (χ1n) is 7.95. The maximum Gasteiger partial charge on any atom is 0.338 e. The van der Waals surface area contributed by atoms with Gasteiger partial charge >= 0.3 is 5.97 Å². The summed E-state index contributed by atoms with van der Waals surface area (Å²) in [5, 5.41) is 3.33. The van der Waals surface area contributed by atoms with Gasteiger partial charge in [-0.3, -0.25) is 4.79 Å². The molecule has 25 heavy (non-hydrogen) atoms. The van der Waals surface area contributed by atoms with Crippen LogP contribution in [0, 0.1) is 0 Å². The topological polar surface area (TPSA) is 55.4 Å². The average molecular weight is 378 g/mol. The highest BCUT2D eigenvalue weighted by Crippen LogP contribution is 2.24. The van der Waals surface area contributed by atoms with Crippen molar-refractivity contribution in [2.75, 3.05) is 6.54 Å². The second-order valence-corrected chi connectivity index (χ2v) is 6.87. The van der Waals surface area contributed by atoms with E-state index in [-0.39, 0.29) is 5.91 Å². The van der Waals surface area contributed by atoms with Gasteiger partial charge in [0.25, 0.3) is 5.91 Å². The first kappa shape index (κ1) is 19.3. The number of nitrogens with one attached hydrogen (secondary N) is 1. The van der Waals surface area contributed by atoms with Crippen LogP contribution in [0.4, 0.5) is 0 Å². The Morgan fingerprint density at radius 1 is 1.20 bits per heavy atom. The molecule has 0 heterocycles. The molecule has 6 heteroatoms. The molecule has 0 bridgehead atoms. The van der Waals surface area contributed by atoms with E-state index in [2.05, 4.69) is 5.32 Å². The zero-order valence-corrected chi connectivity index (χ0v) is 15.7. The summed E-state index contributed by atoms with van der Waals surface area (Å²) < 4.78 is 5.21. The second-order valence-electron chi connectivity index (χ2n) is 5.39. The van der Waals surface area contributed by atoms with Gasteiger partial charge in [0.1, 0.15) is 0 Å². The molecule has 0 aliphatic heterocycles. The van der Waals surface area contributed by atoms with Crippen LogP contribution in [0.2, 0.25) is 5.02 Å². The van der Waals surface area contributed by atoms with Crippen LogP contribution in [-0.4, -0.2) is 24.5 Å². The molecule has 0 aliphatic carbocycles. The molecule has 0 unspecified atom stereocenters. The molecule has 2 aromatic rings. The van der Waals surface area contributed by atoms with Gasteiger partial charge in [0, 0.05) is 22.2 Å². The summed E-state index contributed by atoms with van der Waals surface area (Å²) in [5.74, 6) is -0.0864. The number of hydrogen-bond donors (Lipinski definition) is 1. The minimum absolute atomic E-state index is 0.301. The fourth-order valence-electron chi connectivity index (χ4n) is 2.09. The van der Waals surface area contributed by atoms with Crippen LogP contribution in [-0.2, 0) is 15.3 Å². The zero-order valence-electron chi connectivity index (χ0n) is 14.1. The zero-order chi connectivity index (χ0) is 18.2. The summed E-state index contributed by atoms with van der Waals surface area (Å²) >= 11 is 7.53. The predicted octanol–water partition coefficient (Wildman–Crippen LogP) is 4.31. The Morgan fingerprint density at radius 3 is 2.60 bits per heavy atom. The Kier molecular flexibility index (Phi) is 7.34. The van der Waals surface area contributed by atoms with Crippen LogP contribution in [0.3, 0.4) is 0 Å². The fraction of sp³-hybridized carbons (Fsp3) is 0.263. The summed E-state index contributed by atoms with van der Waals surface area (Å²) in [6.07, 6.45) is -0.820. The summed E-state index contributed by atoms with van der Waals surface area (Å²) in [7, 11) is 0. The summed E-state index contributed by atoms with van der Waals surface area (Å²) in [5.41, 5.74) is 1.44. The van der Waals surface area contributed by atoms with E-state index in [1.54, 1.807) is 30.8 Å². The minimum atomic E-state index is -0.820.